The molecule has 0 aliphatic rings. The van der Waals surface area contributed by atoms with Crippen LogP contribution in [0.3, 0.4) is 0 Å². The summed E-state index contributed by atoms with van der Waals surface area (Å²) >= 11 is 3.47. The maximum atomic E-state index is 4.43. The zero-order chi connectivity index (χ0) is 12.2. The summed E-state index contributed by atoms with van der Waals surface area (Å²) in [6, 6.07) is 14.5. The van der Waals surface area contributed by atoms with E-state index >= 15 is 0 Å². The predicted octanol–water partition coefficient (Wildman–Crippen LogP) is 5.04. The van der Waals surface area contributed by atoms with Crippen molar-refractivity contribution >= 4 is 34.8 Å². The first-order valence-electron chi connectivity index (χ1n) is 5.65. The van der Waals surface area contributed by atoms with Gasteiger partial charge in [-0.05, 0) is 23.1 Å². The van der Waals surface area contributed by atoms with E-state index in [2.05, 4.69) is 46.8 Å². The van der Waals surface area contributed by atoms with Gasteiger partial charge in [-0.3, -0.25) is 0 Å². The van der Waals surface area contributed by atoms with Crippen molar-refractivity contribution in [2.75, 3.05) is 0 Å². The van der Waals surface area contributed by atoms with E-state index in [9.17, 15) is 0 Å². The van der Waals surface area contributed by atoms with E-state index in [1.807, 2.05) is 24.4 Å². The number of thiophene rings is 1. The highest BCUT2D eigenvalue weighted by Gasteiger charge is 2.02. The van der Waals surface area contributed by atoms with Crippen molar-refractivity contribution < 1.29 is 0 Å². The van der Waals surface area contributed by atoms with Crippen molar-refractivity contribution in [1.29, 1.82) is 0 Å². The van der Waals surface area contributed by atoms with Crippen LogP contribution in [0.15, 0.2) is 54.0 Å². The first-order valence-corrected chi connectivity index (χ1v) is 7.34. The Hall–Kier alpha value is -1.71. The van der Waals surface area contributed by atoms with Gasteiger partial charge in [0.1, 0.15) is 5.01 Å². The van der Waals surface area contributed by atoms with Gasteiger partial charge in [-0.1, -0.05) is 42.5 Å². The maximum Gasteiger partial charge on any atom is 0.116 e. The number of hydrogen-bond acceptors (Lipinski definition) is 3. The van der Waals surface area contributed by atoms with Crippen LogP contribution in [-0.4, -0.2) is 4.98 Å². The van der Waals surface area contributed by atoms with Crippen molar-refractivity contribution in [3.05, 3.63) is 64.6 Å². The Bertz CT molecular complexity index is 636. The van der Waals surface area contributed by atoms with Gasteiger partial charge in [0.05, 0.1) is 4.88 Å². The second kappa shape index (κ2) is 5.29. The molecule has 0 N–H and O–H groups in total. The van der Waals surface area contributed by atoms with E-state index in [0.29, 0.717) is 0 Å². The second-order valence-electron chi connectivity index (χ2n) is 3.78. The van der Waals surface area contributed by atoms with Crippen LogP contribution >= 0.6 is 22.7 Å². The van der Waals surface area contributed by atoms with Crippen LogP contribution in [0.2, 0.25) is 0 Å². The van der Waals surface area contributed by atoms with Crippen molar-refractivity contribution in [1.82, 2.24) is 4.98 Å². The molecular formula is C15H11NS2. The first-order chi connectivity index (χ1) is 8.92. The molecule has 0 amide bonds. The van der Waals surface area contributed by atoms with E-state index in [1.54, 1.807) is 22.7 Å². The molecule has 0 saturated heterocycles. The zero-order valence-corrected chi connectivity index (χ0v) is 11.2. The lowest BCUT2D eigenvalue weighted by Gasteiger charge is -1.89. The lowest BCUT2D eigenvalue weighted by Crippen LogP contribution is -1.69. The molecule has 0 aliphatic carbocycles. The van der Waals surface area contributed by atoms with Gasteiger partial charge >= 0.3 is 0 Å². The van der Waals surface area contributed by atoms with Gasteiger partial charge in [0.25, 0.3) is 0 Å². The lowest BCUT2D eigenvalue weighted by molar-refractivity contribution is 1.40. The fraction of sp³-hybridized carbons (Fsp3) is 0. The number of nitrogens with zero attached hydrogens (tertiary/aromatic N) is 1. The molecule has 3 rings (SSSR count). The fourth-order valence-corrected chi connectivity index (χ4v) is 3.27. The third kappa shape index (κ3) is 2.58. The van der Waals surface area contributed by atoms with Crippen LogP contribution in [0.5, 0.6) is 0 Å². The lowest BCUT2D eigenvalue weighted by atomic mass is 10.2. The Balaban J connectivity index is 1.80. The summed E-state index contributed by atoms with van der Waals surface area (Å²) in [6.45, 7) is 0. The largest absolute Gasteiger partial charge is 0.244 e. The molecule has 0 aliphatic heterocycles. The van der Waals surface area contributed by atoms with Crippen LogP contribution < -0.4 is 0 Å². The van der Waals surface area contributed by atoms with Crippen LogP contribution in [-0.2, 0) is 0 Å². The summed E-state index contributed by atoms with van der Waals surface area (Å²) in [5.74, 6) is 0. The van der Waals surface area contributed by atoms with Crippen molar-refractivity contribution in [3.8, 4) is 9.75 Å². The standard InChI is InChI=1S/C15H11NS2/c1-2-5-12(6-3-1)8-9-15-16-11-14(18-15)13-7-4-10-17-13/h1-11H/b9-8+. The molecule has 0 unspecified atom stereocenters. The van der Waals surface area contributed by atoms with Crippen LogP contribution in [0.4, 0.5) is 0 Å². The molecule has 3 aromatic rings. The number of rotatable bonds is 3. The average Bonchev–Trinajstić information content (AvgIpc) is 3.08. The number of thiazole rings is 1. The quantitative estimate of drug-likeness (QED) is 0.649. The minimum Gasteiger partial charge on any atom is -0.244 e. The molecule has 0 saturated carbocycles. The summed E-state index contributed by atoms with van der Waals surface area (Å²) in [4.78, 5) is 6.94. The summed E-state index contributed by atoms with van der Waals surface area (Å²) in [6.07, 6.45) is 6.11. The Morgan fingerprint density at radius 1 is 0.889 bits per heavy atom. The second-order valence-corrected chi connectivity index (χ2v) is 5.79. The van der Waals surface area contributed by atoms with Crippen molar-refractivity contribution in [2.45, 2.75) is 0 Å². The van der Waals surface area contributed by atoms with Crippen LogP contribution in [0.25, 0.3) is 21.9 Å². The van der Waals surface area contributed by atoms with Crippen molar-refractivity contribution in [3.63, 3.8) is 0 Å². The normalized spacial score (nSPS) is 11.1. The molecule has 2 aromatic heterocycles. The molecule has 18 heavy (non-hydrogen) atoms. The van der Waals surface area contributed by atoms with E-state index in [-0.39, 0.29) is 0 Å². The minimum atomic E-state index is 1.04. The average molecular weight is 269 g/mol. The maximum absolute atomic E-state index is 4.43. The molecule has 1 nitrogen and oxygen atoms in total. The van der Waals surface area contributed by atoms with Gasteiger partial charge < -0.3 is 0 Å². The molecule has 0 fully saturated rings. The first kappa shape index (κ1) is 11.4. The highest BCUT2D eigenvalue weighted by Crippen LogP contribution is 2.30. The van der Waals surface area contributed by atoms with Crippen LogP contribution in [0, 0.1) is 0 Å². The highest BCUT2D eigenvalue weighted by molar-refractivity contribution is 7.21. The van der Waals surface area contributed by atoms with E-state index in [4.69, 9.17) is 0 Å². The number of aromatic nitrogens is 1. The molecule has 0 bridgehead atoms. The summed E-state index contributed by atoms with van der Waals surface area (Å²) < 4.78 is 0. The Labute approximate surface area is 114 Å². The van der Waals surface area contributed by atoms with Gasteiger partial charge in [0.2, 0.25) is 0 Å². The third-order valence-corrected chi connectivity index (χ3v) is 4.53. The Morgan fingerprint density at radius 3 is 2.56 bits per heavy atom. The van der Waals surface area contributed by atoms with Gasteiger partial charge in [0, 0.05) is 11.1 Å². The van der Waals surface area contributed by atoms with E-state index in [1.165, 1.54) is 15.3 Å². The highest BCUT2D eigenvalue weighted by atomic mass is 32.1. The Kier molecular flexibility index (Phi) is 3.35. The van der Waals surface area contributed by atoms with Crippen molar-refractivity contribution in [2.24, 2.45) is 0 Å². The smallest absolute Gasteiger partial charge is 0.116 e. The predicted molar refractivity (Wildman–Crippen MR) is 80.8 cm³/mol. The van der Waals surface area contributed by atoms with E-state index < -0.39 is 0 Å². The summed E-state index contributed by atoms with van der Waals surface area (Å²) in [7, 11) is 0. The van der Waals surface area contributed by atoms with Gasteiger partial charge in [-0.15, -0.1) is 22.7 Å². The van der Waals surface area contributed by atoms with E-state index in [0.717, 1.165) is 5.01 Å². The number of hydrogen-bond donors (Lipinski definition) is 0. The zero-order valence-electron chi connectivity index (χ0n) is 9.61. The van der Waals surface area contributed by atoms with Crippen LogP contribution in [0.1, 0.15) is 10.6 Å². The fourth-order valence-electron chi connectivity index (χ4n) is 1.63. The SMILES string of the molecule is C(=C\c1ncc(-c2cccs2)s1)/c1ccccc1. The molecule has 1 aromatic carbocycles. The molecule has 2 heterocycles. The third-order valence-electron chi connectivity index (χ3n) is 2.51. The monoisotopic (exact) mass is 269 g/mol. The number of benzene rings is 1. The van der Waals surface area contributed by atoms with Gasteiger partial charge in [0.15, 0.2) is 0 Å². The van der Waals surface area contributed by atoms with Gasteiger partial charge in [-0.25, -0.2) is 4.98 Å². The molecular weight excluding hydrogens is 258 g/mol. The molecule has 0 radical (unpaired) electrons. The Morgan fingerprint density at radius 2 is 1.78 bits per heavy atom. The summed E-state index contributed by atoms with van der Waals surface area (Å²) in [5, 5.41) is 3.14. The minimum absolute atomic E-state index is 1.04. The molecule has 0 spiro atoms. The summed E-state index contributed by atoms with van der Waals surface area (Å²) in [5.41, 5.74) is 1.20. The molecule has 88 valence electrons. The topological polar surface area (TPSA) is 12.9 Å². The van der Waals surface area contributed by atoms with Gasteiger partial charge in [-0.2, -0.15) is 0 Å². The molecule has 3 heteroatoms. The molecule has 0 atom stereocenters.